The van der Waals surface area contributed by atoms with Gasteiger partial charge in [-0.05, 0) is 78.3 Å². The van der Waals surface area contributed by atoms with Gasteiger partial charge in [0.15, 0.2) is 0 Å². The van der Waals surface area contributed by atoms with Crippen LogP contribution >= 0.6 is 33.9 Å². The Balaban J connectivity index is 2.17. The Morgan fingerprint density at radius 2 is 1.84 bits per heavy atom. The van der Waals surface area contributed by atoms with Gasteiger partial charge < -0.3 is 14.8 Å². The molecule has 0 aliphatic carbocycles. The van der Waals surface area contributed by atoms with Crippen LogP contribution in [0.2, 0.25) is 0 Å². The summed E-state index contributed by atoms with van der Waals surface area (Å²) < 4.78 is 50.1. The normalized spacial score (nSPS) is 12.4. The second-order valence-corrected chi connectivity index (χ2v) is 9.11. The zero-order valence-corrected chi connectivity index (χ0v) is 20.2. The third kappa shape index (κ3) is 7.99. The molecule has 0 bridgehead atoms. The number of amides is 1. The number of rotatable bonds is 9. The van der Waals surface area contributed by atoms with Crippen LogP contribution < -0.4 is 10.1 Å². The van der Waals surface area contributed by atoms with E-state index in [1.165, 1.54) is 7.11 Å². The maximum absolute atomic E-state index is 12.9. The maximum Gasteiger partial charge on any atom is 0.389 e. The molecule has 1 N–H and O–H groups in total. The van der Waals surface area contributed by atoms with E-state index in [-0.39, 0.29) is 19.4 Å². The maximum atomic E-state index is 12.9. The van der Waals surface area contributed by atoms with Crippen molar-refractivity contribution < 1.29 is 32.2 Å². The van der Waals surface area contributed by atoms with Gasteiger partial charge in [-0.25, -0.2) is 0 Å². The van der Waals surface area contributed by atoms with Crippen molar-refractivity contribution in [3.05, 3.63) is 48.7 Å². The highest BCUT2D eigenvalue weighted by atomic mass is 127. The molecule has 0 radical (unpaired) electrons. The van der Waals surface area contributed by atoms with Crippen LogP contribution in [0.5, 0.6) is 5.75 Å². The lowest BCUT2D eigenvalue weighted by atomic mass is 10.1. The summed E-state index contributed by atoms with van der Waals surface area (Å²) in [6.45, 7) is 3.93. The number of halogens is 4. The van der Waals surface area contributed by atoms with E-state index in [1.807, 2.05) is 13.8 Å². The van der Waals surface area contributed by atoms with Crippen LogP contribution in [0.15, 0.2) is 24.3 Å². The molecule has 170 valence electrons. The SMILES string of the molecule is COC(=O)CCNC(=O)c1ccc([C@@H](CCC(F)(F)F)Oc2cc(C)c(I)c(C)c2)s1. The lowest BCUT2D eigenvalue weighted by Crippen LogP contribution is -2.25. The van der Waals surface area contributed by atoms with Crippen LogP contribution in [0.1, 0.15) is 51.0 Å². The molecule has 1 aromatic heterocycles. The highest BCUT2D eigenvalue weighted by Gasteiger charge is 2.30. The Bertz CT molecular complexity index is 907. The summed E-state index contributed by atoms with van der Waals surface area (Å²) in [5.74, 6) is -0.369. The van der Waals surface area contributed by atoms with Gasteiger partial charge in [-0.15, -0.1) is 11.3 Å². The first kappa shape index (κ1) is 25.4. The Morgan fingerprint density at radius 3 is 2.42 bits per heavy atom. The predicted octanol–water partition coefficient (Wildman–Crippen LogP) is 5.73. The van der Waals surface area contributed by atoms with Gasteiger partial charge in [-0.3, -0.25) is 9.59 Å². The Morgan fingerprint density at radius 1 is 1.19 bits per heavy atom. The summed E-state index contributed by atoms with van der Waals surface area (Å²) in [6, 6.07) is 6.74. The van der Waals surface area contributed by atoms with Gasteiger partial charge in [-0.2, -0.15) is 13.2 Å². The Labute approximate surface area is 196 Å². The number of nitrogens with one attached hydrogen (secondary N) is 1. The second-order valence-electron chi connectivity index (χ2n) is 6.92. The largest absolute Gasteiger partial charge is 0.485 e. The van der Waals surface area contributed by atoms with Gasteiger partial charge in [0, 0.05) is 21.4 Å². The van der Waals surface area contributed by atoms with E-state index in [4.69, 9.17) is 4.74 Å². The highest BCUT2D eigenvalue weighted by molar-refractivity contribution is 14.1. The van der Waals surface area contributed by atoms with Crippen molar-refractivity contribution in [3.63, 3.8) is 0 Å². The number of alkyl halides is 3. The number of benzene rings is 1. The number of esters is 1. The minimum Gasteiger partial charge on any atom is -0.485 e. The van der Waals surface area contributed by atoms with Crippen molar-refractivity contribution in [2.24, 2.45) is 0 Å². The third-order valence-electron chi connectivity index (χ3n) is 4.39. The predicted molar refractivity (Wildman–Crippen MR) is 121 cm³/mol. The van der Waals surface area contributed by atoms with Crippen LogP contribution in [-0.4, -0.2) is 31.7 Å². The molecule has 10 heteroatoms. The molecule has 0 aliphatic rings. The average molecular weight is 569 g/mol. The van der Waals surface area contributed by atoms with Crippen molar-refractivity contribution in [2.75, 3.05) is 13.7 Å². The van der Waals surface area contributed by atoms with E-state index in [0.717, 1.165) is 26.0 Å². The number of hydrogen-bond acceptors (Lipinski definition) is 5. The van der Waals surface area contributed by atoms with Crippen LogP contribution in [0.25, 0.3) is 0 Å². The topological polar surface area (TPSA) is 64.6 Å². The molecular weight excluding hydrogens is 546 g/mol. The molecular formula is C21H23F3INO4S. The lowest BCUT2D eigenvalue weighted by molar-refractivity contribution is -0.140. The summed E-state index contributed by atoms with van der Waals surface area (Å²) in [4.78, 5) is 24.3. The van der Waals surface area contributed by atoms with E-state index in [2.05, 4.69) is 32.6 Å². The molecule has 0 unspecified atom stereocenters. The van der Waals surface area contributed by atoms with Crippen molar-refractivity contribution in [2.45, 2.75) is 45.4 Å². The molecule has 0 spiro atoms. The van der Waals surface area contributed by atoms with Crippen molar-refractivity contribution in [1.82, 2.24) is 5.32 Å². The molecule has 0 aliphatic heterocycles. The zero-order valence-electron chi connectivity index (χ0n) is 17.3. The van der Waals surface area contributed by atoms with E-state index in [0.29, 0.717) is 15.5 Å². The average Bonchev–Trinajstić information content (AvgIpc) is 3.18. The number of methoxy groups -OCH3 is 1. The van der Waals surface area contributed by atoms with E-state index in [1.54, 1.807) is 24.3 Å². The zero-order chi connectivity index (χ0) is 23.2. The van der Waals surface area contributed by atoms with E-state index < -0.39 is 30.6 Å². The molecule has 1 amide bonds. The minimum absolute atomic E-state index is 0.0311. The molecule has 0 fully saturated rings. The fraction of sp³-hybridized carbons (Fsp3) is 0.429. The first-order chi connectivity index (χ1) is 14.5. The monoisotopic (exact) mass is 569 g/mol. The highest BCUT2D eigenvalue weighted by Crippen LogP contribution is 2.35. The standard InChI is InChI=1S/C21H23F3INO4S/c1-12-10-14(11-13(2)19(12)25)30-15(6-8-21(22,23)24)16-4-5-17(31-16)20(28)26-9-7-18(27)29-3/h4-5,10-11,15H,6-9H2,1-3H3,(H,26,28)/t15-/m1/s1. The number of hydrogen-bond donors (Lipinski definition) is 1. The van der Waals surface area contributed by atoms with Gasteiger partial charge >= 0.3 is 12.1 Å². The van der Waals surface area contributed by atoms with Gasteiger partial charge in [0.2, 0.25) is 0 Å². The summed E-state index contributed by atoms with van der Waals surface area (Å²) in [5.41, 5.74) is 1.95. The number of aryl methyl sites for hydroxylation is 2. The van der Waals surface area contributed by atoms with Crippen molar-refractivity contribution in [1.29, 1.82) is 0 Å². The Kier molecular flexibility index (Phi) is 9.16. The number of carbonyl (C=O) groups is 2. The van der Waals surface area contributed by atoms with Crippen LogP contribution in [0.3, 0.4) is 0 Å². The first-order valence-corrected chi connectivity index (χ1v) is 11.3. The van der Waals surface area contributed by atoms with E-state index in [9.17, 15) is 22.8 Å². The van der Waals surface area contributed by atoms with Crippen LogP contribution in [0, 0.1) is 17.4 Å². The molecule has 1 heterocycles. The van der Waals surface area contributed by atoms with Crippen LogP contribution in [0.4, 0.5) is 13.2 Å². The summed E-state index contributed by atoms with van der Waals surface area (Å²) in [6.07, 6.45) is -6.40. The number of carbonyl (C=O) groups excluding carboxylic acids is 2. The summed E-state index contributed by atoms with van der Waals surface area (Å²) >= 11 is 3.28. The fourth-order valence-corrected chi connectivity index (χ4v) is 4.11. The molecule has 1 aromatic carbocycles. The molecule has 2 rings (SSSR count). The van der Waals surface area contributed by atoms with Crippen LogP contribution in [-0.2, 0) is 9.53 Å². The number of thiophene rings is 1. The first-order valence-electron chi connectivity index (χ1n) is 9.45. The Hall–Kier alpha value is -1.82. The van der Waals surface area contributed by atoms with Gasteiger partial charge in [-0.1, -0.05) is 0 Å². The summed E-state index contributed by atoms with van der Waals surface area (Å²) in [5, 5.41) is 2.59. The molecule has 5 nitrogen and oxygen atoms in total. The molecule has 0 saturated heterocycles. The summed E-state index contributed by atoms with van der Waals surface area (Å²) in [7, 11) is 1.26. The van der Waals surface area contributed by atoms with E-state index >= 15 is 0 Å². The molecule has 1 atom stereocenters. The van der Waals surface area contributed by atoms with Gasteiger partial charge in [0.1, 0.15) is 11.9 Å². The molecule has 0 saturated carbocycles. The van der Waals surface area contributed by atoms with Gasteiger partial charge in [0.05, 0.1) is 18.4 Å². The molecule has 31 heavy (non-hydrogen) atoms. The lowest BCUT2D eigenvalue weighted by Gasteiger charge is -2.20. The van der Waals surface area contributed by atoms with Crippen molar-refractivity contribution >= 4 is 45.8 Å². The van der Waals surface area contributed by atoms with Gasteiger partial charge in [0.25, 0.3) is 5.91 Å². The fourth-order valence-electron chi connectivity index (χ4n) is 2.81. The molecule has 2 aromatic rings. The van der Waals surface area contributed by atoms with Crippen molar-refractivity contribution in [3.8, 4) is 5.75 Å². The minimum atomic E-state index is -4.31. The quantitative estimate of drug-likeness (QED) is 0.310. The number of ether oxygens (including phenoxy) is 2. The third-order valence-corrected chi connectivity index (χ3v) is 7.27. The smallest absolute Gasteiger partial charge is 0.389 e. The second kappa shape index (κ2) is 11.2.